The van der Waals surface area contributed by atoms with Crippen molar-refractivity contribution in [3.8, 4) is 0 Å². The van der Waals surface area contributed by atoms with Crippen LogP contribution in [0.5, 0.6) is 0 Å². The Balaban J connectivity index is 2.94. The van der Waals surface area contributed by atoms with Gasteiger partial charge in [0.2, 0.25) is 0 Å². The molecular formula is C11H9ClF3N. The van der Waals surface area contributed by atoms with Crippen molar-refractivity contribution in [3.63, 3.8) is 0 Å². The number of benzene rings is 1. The van der Waals surface area contributed by atoms with Crippen LogP contribution < -0.4 is 0 Å². The third-order valence-electron chi connectivity index (χ3n) is 2.76. The highest BCUT2D eigenvalue weighted by atomic mass is 35.5. The first-order valence-corrected chi connectivity index (χ1v) is 5.04. The summed E-state index contributed by atoms with van der Waals surface area (Å²) in [6.07, 6.45) is -1.20. The number of nitrogens with one attached hydrogen (secondary N) is 1. The van der Waals surface area contributed by atoms with Gasteiger partial charge in [0.25, 0.3) is 0 Å². The molecule has 0 spiro atoms. The van der Waals surface area contributed by atoms with Crippen LogP contribution in [-0.2, 0) is 6.18 Å². The molecule has 0 saturated heterocycles. The fourth-order valence-corrected chi connectivity index (χ4v) is 2.28. The van der Waals surface area contributed by atoms with E-state index in [1.807, 2.05) is 0 Å². The molecule has 1 heterocycles. The molecule has 1 aromatic carbocycles. The Hall–Kier alpha value is -1.16. The molecule has 0 aliphatic rings. The van der Waals surface area contributed by atoms with Gasteiger partial charge in [-0.15, -0.1) is 0 Å². The normalized spacial score (nSPS) is 12.4. The predicted octanol–water partition coefficient (Wildman–Crippen LogP) is 4.46. The zero-order valence-electron chi connectivity index (χ0n) is 8.67. The van der Waals surface area contributed by atoms with Crippen LogP contribution in [0.2, 0.25) is 5.02 Å². The van der Waals surface area contributed by atoms with Crippen molar-refractivity contribution in [2.75, 3.05) is 0 Å². The first-order valence-electron chi connectivity index (χ1n) is 4.66. The smallest absolute Gasteiger partial charge is 0.366 e. The van der Waals surface area contributed by atoms with E-state index in [-0.39, 0.29) is 10.6 Å². The van der Waals surface area contributed by atoms with Crippen LogP contribution in [0.25, 0.3) is 10.8 Å². The topological polar surface area (TPSA) is 15.8 Å². The van der Waals surface area contributed by atoms with E-state index in [2.05, 4.69) is 4.98 Å². The van der Waals surface area contributed by atoms with Crippen LogP contribution in [-0.4, -0.2) is 4.98 Å². The molecule has 2 rings (SSSR count). The van der Waals surface area contributed by atoms with Crippen molar-refractivity contribution < 1.29 is 13.2 Å². The van der Waals surface area contributed by atoms with E-state index in [0.717, 1.165) is 5.39 Å². The molecule has 0 unspecified atom stereocenters. The minimum atomic E-state index is -4.42. The lowest BCUT2D eigenvalue weighted by molar-refractivity contribution is -0.137. The number of aryl methyl sites for hydroxylation is 2. The minimum Gasteiger partial charge on any atom is -0.366 e. The van der Waals surface area contributed by atoms with Crippen molar-refractivity contribution in [2.24, 2.45) is 0 Å². The van der Waals surface area contributed by atoms with Gasteiger partial charge in [0.05, 0.1) is 10.6 Å². The maximum Gasteiger partial charge on any atom is 0.418 e. The molecule has 0 amide bonds. The third kappa shape index (κ3) is 1.48. The average molecular weight is 248 g/mol. The number of aromatic nitrogens is 1. The first kappa shape index (κ1) is 11.3. The van der Waals surface area contributed by atoms with E-state index in [1.54, 1.807) is 19.3 Å². The largest absolute Gasteiger partial charge is 0.418 e. The quantitative estimate of drug-likeness (QED) is 0.708. The summed E-state index contributed by atoms with van der Waals surface area (Å²) in [5, 5.41) is 1.09. The van der Waals surface area contributed by atoms with E-state index >= 15 is 0 Å². The summed E-state index contributed by atoms with van der Waals surface area (Å²) in [6.45, 7) is 3.03. The number of hydrogen-bond acceptors (Lipinski definition) is 0. The fourth-order valence-electron chi connectivity index (χ4n) is 1.93. The molecule has 1 nitrogen and oxygen atoms in total. The molecule has 1 N–H and O–H groups in total. The Morgan fingerprint density at radius 3 is 2.06 bits per heavy atom. The summed E-state index contributed by atoms with van der Waals surface area (Å²) in [7, 11) is 0. The Morgan fingerprint density at radius 2 is 1.56 bits per heavy atom. The summed E-state index contributed by atoms with van der Waals surface area (Å²) in [5.74, 6) is 0. The van der Waals surface area contributed by atoms with Crippen molar-refractivity contribution in [2.45, 2.75) is 20.0 Å². The van der Waals surface area contributed by atoms with Gasteiger partial charge in [0.15, 0.2) is 0 Å². The van der Waals surface area contributed by atoms with Gasteiger partial charge in [0.1, 0.15) is 0 Å². The van der Waals surface area contributed by atoms with Gasteiger partial charge < -0.3 is 4.98 Å². The molecule has 0 aliphatic carbocycles. The number of fused-ring (bicyclic) bond motifs is 1. The van der Waals surface area contributed by atoms with Gasteiger partial charge >= 0.3 is 6.18 Å². The predicted molar refractivity (Wildman–Crippen MR) is 57.8 cm³/mol. The van der Waals surface area contributed by atoms with Crippen LogP contribution >= 0.6 is 11.6 Å². The fraction of sp³-hybridized carbons (Fsp3) is 0.273. The van der Waals surface area contributed by atoms with Gasteiger partial charge in [-0.1, -0.05) is 11.6 Å². The van der Waals surface area contributed by atoms with Crippen molar-refractivity contribution in [3.05, 3.63) is 34.1 Å². The molecule has 86 valence electrons. The second-order valence-corrected chi connectivity index (χ2v) is 4.10. The van der Waals surface area contributed by atoms with Crippen LogP contribution in [0.15, 0.2) is 12.4 Å². The second kappa shape index (κ2) is 3.42. The summed E-state index contributed by atoms with van der Waals surface area (Å²) < 4.78 is 38.5. The number of halogens is 4. The summed E-state index contributed by atoms with van der Waals surface area (Å²) in [4.78, 5) is 2.80. The molecule has 2 aromatic rings. The van der Waals surface area contributed by atoms with E-state index in [1.165, 1.54) is 6.92 Å². The molecule has 0 bridgehead atoms. The van der Waals surface area contributed by atoms with E-state index in [9.17, 15) is 13.2 Å². The minimum absolute atomic E-state index is 0.166. The zero-order valence-corrected chi connectivity index (χ0v) is 9.42. The van der Waals surface area contributed by atoms with Crippen molar-refractivity contribution in [1.82, 2.24) is 4.98 Å². The van der Waals surface area contributed by atoms with Gasteiger partial charge in [-0.3, -0.25) is 0 Å². The maximum absolute atomic E-state index is 12.8. The molecular weight excluding hydrogens is 239 g/mol. The number of hydrogen-bond donors (Lipinski definition) is 1. The maximum atomic E-state index is 12.8. The molecule has 0 fully saturated rings. The molecule has 5 heteroatoms. The van der Waals surface area contributed by atoms with Crippen molar-refractivity contribution in [1.29, 1.82) is 0 Å². The lowest BCUT2D eigenvalue weighted by atomic mass is 9.99. The standard InChI is InChI=1S/C11H9ClF3N/c1-5-7-3-16-4-8(7)6(2)10(12)9(5)11(13,14)15/h3-4,16H,1-2H3. The average Bonchev–Trinajstić information content (AvgIpc) is 2.61. The number of aromatic amines is 1. The van der Waals surface area contributed by atoms with E-state index in [4.69, 9.17) is 11.6 Å². The van der Waals surface area contributed by atoms with Crippen LogP contribution in [0, 0.1) is 13.8 Å². The van der Waals surface area contributed by atoms with Gasteiger partial charge in [-0.2, -0.15) is 13.2 Å². The molecule has 0 radical (unpaired) electrons. The molecule has 16 heavy (non-hydrogen) atoms. The summed E-state index contributed by atoms with van der Waals surface area (Å²) in [5.41, 5.74) is -0.117. The highest BCUT2D eigenvalue weighted by Gasteiger charge is 2.36. The van der Waals surface area contributed by atoms with Crippen LogP contribution in [0.4, 0.5) is 13.2 Å². The van der Waals surface area contributed by atoms with Gasteiger partial charge in [-0.05, 0) is 25.0 Å². The Bertz CT molecular complexity index is 554. The van der Waals surface area contributed by atoms with Crippen LogP contribution in [0.3, 0.4) is 0 Å². The van der Waals surface area contributed by atoms with Crippen LogP contribution in [0.1, 0.15) is 16.7 Å². The monoisotopic (exact) mass is 247 g/mol. The van der Waals surface area contributed by atoms with Gasteiger partial charge in [-0.25, -0.2) is 0 Å². The highest BCUT2D eigenvalue weighted by molar-refractivity contribution is 6.33. The second-order valence-electron chi connectivity index (χ2n) is 3.72. The van der Waals surface area contributed by atoms with E-state index < -0.39 is 11.7 Å². The lowest BCUT2D eigenvalue weighted by Gasteiger charge is -2.15. The summed E-state index contributed by atoms with van der Waals surface area (Å²) in [6, 6.07) is 0. The summed E-state index contributed by atoms with van der Waals surface area (Å²) >= 11 is 5.79. The third-order valence-corrected chi connectivity index (χ3v) is 3.23. The highest BCUT2D eigenvalue weighted by Crippen LogP contribution is 2.42. The molecule has 0 saturated carbocycles. The molecule has 0 atom stereocenters. The molecule has 1 aromatic heterocycles. The Kier molecular flexibility index (Phi) is 2.42. The number of alkyl halides is 3. The Labute approximate surface area is 95.2 Å². The molecule has 0 aliphatic heterocycles. The Morgan fingerprint density at radius 1 is 1.06 bits per heavy atom. The zero-order chi connectivity index (χ0) is 12.1. The lowest BCUT2D eigenvalue weighted by Crippen LogP contribution is -2.09. The van der Waals surface area contributed by atoms with Gasteiger partial charge in [0, 0.05) is 23.2 Å². The van der Waals surface area contributed by atoms with E-state index in [0.29, 0.717) is 10.9 Å². The van der Waals surface area contributed by atoms with Crippen molar-refractivity contribution >= 4 is 22.4 Å². The first-order chi connectivity index (χ1) is 7.34. The number of H-pyrrole nitrogens is 1. The SMILES string of the molecule is Cc1c(Cl)c(C(F)(F)F)c(C)c2c[nH]cc12. The number of rotatable bonds is 0.